The van der Waals surface area contributed by atoms with E-state index in [-0.39, 0.29) is 6.04 Å². The zero-order valence-electron chi connectivity index (χ0n) is 11.3. The highest BCUT2D eigenvalue weighted by Gasteiger charge is 2.29. The van der Waals surface area contributed by atoms with Gasteiger partial charge in [0.2, 0.25) is 0 Å². The Hall–Kier alpha value is -1.06. The second-order valence-corrected chi connectivity index (χ2v) is 5.89. The quantitative estimate of drug-likeness (QED) is 0.889. The number of halogens is 1. The number of hydrogen-bond donors (Lipinski definition) is 1. The van der Waals surface area contributed by atoms with Crippen LogP contribution in [0.3, 0.4) is 0 Å². The van der Waals surface area contributed by atoms with Crippen LogP contribution in [0.1, 0.15) is 56.9 Å². The highest BCUT2D eigenvalue weighted by atomic mass is 35.5. The van der Waals surface area contributed by atoms with Crippen LogP contribution in [0, 0.1) is 0 Å². The number of rotatable bonds is 5. The third-order valence-corrected chi connectivity index (χ3v) is 4.03. The lowest BCUT2D eigenvalue weighted by molar-refractivity contribution is 0.543. The fraction of sp³-hybridized carbons (Fsp3) is 0.533. The molecule has 0 amide bonds. The van der Waals surface area contributed by atoms with Crippen molar-refractivity contribution in [3.63, 3.8) is 0 Å². The first kappa shape index (κ1) is 12.9. The lowest BCUT2D eigenvalue weighted by atomic mass is 10.1. The van der Waals surface area contributed by atoms with E-state index in [2.05, 4.69) is 17.6 Å². The summed E-state index contributed by atoms with van der Waals surface area (Å²) in [5, 5.41) is 0.738. The average molecular weight is 278 g/mol. The Morgan fingerprint density at radius 1 is 1.47 bits per heavy atom. The number of imidazole rings is 1. The zero-order chi connectivity index (χ0) is 13.4. The Bertz CT molecular complexity index is 586. The minimum atomic E-state index is 0.0340. The Morgan fingerprint density at radius 3 is 2.95 bits per heavy atom. The van der Waals surface area contributed by atoms with Gasteiger partial charge in [-0.05, 0) is 37.5 Å². The summed E-state index contributed by atoms with van der Waals surface area (Å²) < 4.78 is 2.34. The summed E-state index contributed by atoms with van der Waals surface area (Å²) in [5.74, 6) is 1.04. The topological polar surface area (TPSA) is 43.8 Å². The van der Waals surface area contributed by atoms with Crippen molar-refractivity contribution in [2.75, 3.05) is 0 Å². The molecule has 19 heavy (non-hydrogen) atoms. The van der Waals surface area contributed by atoms with Crippen molar-refractivity contribution < 1.29 is 0 Å². The van der Waals surface area contributed by atoms with Gasteiger partial charge in [-0.2, -0.15) is 0 Å². The second-order valence-electron chi connectivity index (χ2n) is 5.45. The summed E-state index contributed by atoms with van der Waals surface area (Å²) in [6, 6.07) is 6.57. The van der Waals surface area contributed by atoms with E-state index in [1.54, 1.807) is 0 Å². The summed E-state index contributed by atoms with van der Waals surface area (Å²) in [4.78, 5) is 4.74. The standard InChI is InChI=1S/C15H20ClN3/c1-2-3-4-12(17)15-18-13-9-10(16)5-8-14(13)19(15)11-6-7-11/h5,8-9,11-12H,2-4,6-7,17H2,1H3. The van der Waals surface area contributed by atoms with Crippen LogP contribution in [0.5, 0.6) is 0 Å². The maximum absolute atomic E-state index is 6.33. The van der Waals surface area contributed by atoms with Gasteiger partial charge < -0.3 is 10.3 Å². The van der Waals surface area contributed by atoms with E-state index in [1.807, 2.05) is 12.1 Å². The van der Waals surface area contributed by atoms with Gasteiger partial charge in [0.25, 0.3) is 0 Å². The molecule has 3 rings (SSSR count). The van der Waals surface area contributed by atoms with Crippen LogP contribution in [0.2, 0.25) is 5.02 Å². The lowest BCUT2D eigenvalue weighted by Crippen LogP contribution is -2.16. The van der Waals surface area contributed by atoms with Gasteiger partial charge in [-0.3, -0.25) is 0 Å². The third kappa shape index (κ3) is 2.49. The number of fused-ring (bicyclic) bond motifs is 1. The number of benzene rings is 1. The molecule has 0 aliphatic heterocycles. The van der Waals surface area contributed by atoms with Gasteiger partial charge in [0.05, 0.1) is 17.1 Å². The lowest BCUT2D eigenvalue weighted by Gasteiger charge is -2.13. The van der Waals surface area contributed by atoms with Crippen molar-refractivity contribution in [2.45, 2.75) is 51.1 Å². The fourth-order valence-corrected chi connectivity index (χ4v) is 2.79. The highest BCUT2D eigenvalue weighted by molar-refractivity contribution is 6.31. The van der Waals surface area contributed by atoms with E-state index < -0.39 is 0 Å². The SMILES string of the molecule is CCCCC(N)c1nc2cc(Cl)ccc2n1C1CC1. The van der Waals surface area contributed by atoms with Crippen LogP contribution in [-0.2, 0) is 0 Å². The van der Waals surface area contributed by atoms with Crippen molar-refractivity contribution in [2.24, 2.45) is 5.73 Å². The van der Waals surface area contributed by atoms with Gasteiger partial charge in [-0.1, -0.05) is 31.4 Å². The van der Waals surface area contributed by atoms with Crippen LogP contribution >= 0.6 is 11.6 Å². The third-order valence-electron chi connectivity index (χ3n) is 3.79. The van der Waals surface area contributed by atoms with Gasteiger partial charge >= 0.3 is 0 Å². The molecule has 0 spiro atoms. The Morgan fingerprint density at radius 2 is 2.26 bits per heavy atom. The Kier molecular flexibility index (Phi) is 3.50. The van der Waals surface area contributed by atoms with E-state index in [1.165, 1.54) is 24.8 Å². The monoisotopic (exact) mass is 277 g/mol. The van der Waals surface area contributed by atoms with Crippen LogP contribution in [0.15, 0.2) is 18.2 Å². The van der Waals surface area contributed by atoms with Crippen molar-refractivity contribution >= 4 is 22.6 Å². The number of aromatic nitrogens is 2. The average Bonchev–Trinajstić information content (AvgIpc) is 3.16. The van der Waals surface area contributed by atoms with Gasteiger partial charge in [0.1, 0.15) is 5.82 Å². The van der Waals surface area contributed by atoms with E-state index in [0.29, 0.717) is 6.04 Å². The van der Waals surface area contributed by atoms with E-state index in [0.717, 1.165) is 29.2 Å². The first-order valence-corrected chi connectivity index (χ1v) is 7.51. The molecule has 0 radical (unpaired) electrons. The molecule has 1 aliphatic rings. The molecule has 1 aliphatic carbocycles. The molecule has 1 heterocycles. The summed E-state index contributed by atoms with van der Waals surface area (Å²) in [7, 11) is 0. The van der Waals surface area contributed by atoms with Gasteiger partial charge in [-0.25, -0.2) is 4.98 Å². The molecule has 4 heteroatoms. The number of nitrogens with two attached hydrogens (primary N) is 1. The molecule has 1 aromatic carbocycles. The van der Waals surface area contributed by atoms with Crippen LogP contribution in [0.25, 0.3) is 11.0 Å². The molecule has 1 fully saturated rings. The maximum atomic E-state index is 6.33. The van der Waals surface area contributed by atoms with E-state index in [4.69, 9.17) is 22.3 Å². The molecular weight excluding hydrogens is 258 g/mol. The molecule has 0 bridgehead atoms. The number of nitrogens with zero attached hydrogens (tertiary/aromatic N) is 2. The molecule has 102 valence electrons. The molecule has 1 unspecified atom stereocenters. The largest absolute Gasteiger partial charge is 0.324 e. The van der Waals surface area contributed by atoms with Crippen molar-refractivity contribution in [3.05, 3.63) is 29.0 Å². The zero-order valence-corrected chi connectivity index (χ0v) is 12.0. The molecule has 2 aromatic rings. The summed E-state index contributed by atoms with van der Waals surface area (Å²) in [5.41, 5.74) is 8.48. The van der Waals surface area contributed by atoms with Crippen molar-refractivity contribution in [1.29, 1.82) is 0 Å². The number of hydrogen-bond acceptors (Lipinski definition) is 2. The second kappa shape index (κ2) is 5.14. The van der Waals surface area contributed by atoms with Crippen molar-refractivity contribution in [3.8, 4) is 0 Å². The summed E-state index contributed by atoms with van der Waals surface area (Å²) in [6.07, 6.45) is 5.79. The van der Waals surface area contributed by atoms with Crippen LogP contribution in [0.4, 0.5) is 0 Å². The Labute approximate surface area is 118 Å². The van der Waals surface area contributed by atoms with Gasteiger partial charge in [-0.15, -0.1) is 0 Å². The van der Waals surface area contributed by atoms with E-state index >= 15 is 0 Å². The fourth-order valence-electron chi connectivity index (χ4n) is 2.62. The molecule has 1 atom stereocenters. The molecular formula is C15H20ClN3. The Balaban J connectivity index is 2.04. The molecule has 2 N–H and O–H groups in total. The van der Waals surface area contributed by atoms with E-state index in [9.17, 15) is 0 Å². The molecule has 1 aromatic heterocycles. The molecule has 3 nitrogen and oxygen atoms in total. The maximum Gasteiger partial charge on any atom is 0.127 e. The predicted octanol–water partition coefficient (Wildman–Crippen LogP) is 4.21. The minimum absolute atomic E-state index is 0.0340. The van der Waals surface area contributed by atoms with Crippen LogP contribution < -0.4 is 5.73 Å². The first-order valence-electron chi connectivity index (χ1n) is 7.13. The number of unbranched alkanes of at least 4 members (excludes halogenated alkanes) is 1. The van der Waals surface area contributed by atoms with Crippen molar-refractivity contribution in [1.82, 2.24) is 9.55 Å². The van der Waals surface area contributed by atoms with Gasteiger partial charge in [0.15, 0.2) is 0 Å². The highest BCUT2D eigenvalue weighted by Crippen LogP contribution is 2.40. The molecule has 1 saturated carbocycles. The summed E-state index contributed by atoms with van der Waals surface area (Å²) in [6.45, 7) is 2.19. The first-order chi connectivity index (χ1) is 9.20. The van der Waals surface area contributed by atoms with Gasteiger partial charge in [0, 0.05) is 11.1 Å². The smallest absolute Gasteiger partial charge is 0.127 e. The normalized spacial score (nSPS) is 17.0. The van der Waals surface area contributed by atoms with Crippen LogP contribution in [-0.4, -0.2) is 9.55 Å². The minimum Gasteiger partial charge on any atom is -0.324 e. The summed E-state index contributed by atoms with van der Waals surface area (Å²) >= 11 is 6.06. The molecule has 0 saturated heterocycles. The predicted molar refractivity (Wildman–Crippen MR) is 79.5 cm³/mol.